The number of fused-ring (bicyclic) bond motifs is 1. The number of oxazole rings is 1. The van der Waals surface area contributed by atoms with Crippen LogP contribution in [0.4, 0.5) is 4.39 Å². The molecule has 178 valence electrons. The number of hydrogen-bond donors (Lipinski definition) is 2. The van der Waals surface area contributed by atoms with Gasteiger partial charge in [-0.25, -0.2) is 9.18 Å². The van der Waals surface area contributed by atoms with Gasteiger partial charge >= 0.3 is 5.76 Å². The van der Waals surface area contributed by atoms with E-state index < -0.39 is 17.6 Å². The lowest BCUT2D eigenvalue weighted by molar-refractivity contribution is -0.126. The summed E-state index contributed by atoms with van der Waals surface area (Å²) in [6.07, 6.45) is 0.971. The lowest BCUT2D eigenvalue weighted by atomic mass is 9.98. The van der Waals surface area contributed by atoms with Gasteiger partial charge in [0.25, 0.3) is 0 Å². The first kappa shape index (κ1) is 23.7. The highest BCUT2D eigenvalue weighted by Crippen LogP contribution is 2.26. The maximum atomic E-state index is 14.9. The average molecular weight is 467 g/mol. The second-order valence-electron chi connectivity index (χ2n) is 8.37. The predicted octanol–water partition coefficient (Wildman–Crippen LogP) is 2.60. The molecular formula is C25H27FN4O4. The van der Waals surface area contributed by atoms with E-state index in [2.05, 4.69) is 10.6 Å². The Morgan fingerprint density at radius 1 is 1.29 bits per heavy atom. The first-order valence-electron chi connectivity index (χ1n) is 11.4. The molecule has 8 nitrogen and oxygen atoms in total. The zero-order chi connectivity index (χ0) is 24.1. The standard InChI is InChI=1S/C25H27FN4O4/c1-2-8-33-9-7-30-22-12-17(5-6-23(22)34-25(30)32)16-3-4-18(21(26)11-16)10-20(13-27)29-24(31)19-14-28-15-19/h3-6,11-12,19-20,28H,2,7-10,14-15H2,1H3,(H,29,31)/t20-/m0/s1. The van der Waals surface area contributed by atoms with E-state index in [4.69, 9.17) is 9.15 Å². The van der Waals surface area contributed by atoms with E-state index >= 15 is 0 Å². The first-order valence-corrected chi connectivity index (χ1v) is 11.4. The fourth-order valence-electron chi connectivity index (χ4n) is 3.86. The number of carbonyl (C=O) groups excluding carboxylic acids is 1. The van der Waals surface area contributed by atoms with Gasteiger partial charge in [0.2, 0.25) is 5.91 Å². The number of ether oxygens (including phenoxy) is 1. The number of carbonyl (C=O) groups is 1. The Bertz CT molecular complexity index is 1270. The summed E-state index contributed by atoms with van der Waals surface area (Å²) in [4.78, 5) is 24.4. The minimum absolute atomic E-state index is 0.0760. The molecule has 0 saturated carbocycles. The molecule has 2 aromatic carbocycles. The third-order valence-corrected chi connectivity index (χ3v) is 5.91. The van der Waals surface area contributed by atoms with Crippen LogP contribution >= 0.6 is 0 Å². The van der Waals surface area contributed by atoms with Crippen molar-refractivity contribution in [2.45, 2.75) is 32.4 Å². The summed E-state index contributed by atoms with van der Waals surface area (Å²) in [5.74, 6) is -1.26. The number of benzene rings is 2. The molecule has 0 spiro atoms. The quantitative estimate of drug-likeness (QED) is 0.445. The number of nitrogens with zero attached hydrogens (tertiary/aromatic N) is 2. The summed E-state index contributed by atoms with van der Waals surface area (Å²) in [6.45, 7) is 4.57. The molecule has 1 aliphatic heterocycles. The van der Waals surface area contributed by atoms with Gasteiger partial charge in [-0.2, -0.15) is 5.26 Å². The molecule has 1 atom stereocenters. The van der Waals surface area contributed by atoms with E-state index in [1.54, 1.807) is 30.3 Å². The van der Waals surface area contributed by atoms with Crippen molar-refractivity contribution < 1.29 is 18.3 Å². The SMILES string of the molecule is CCCOCCn1c(=O)oc2ccc(-c3ccc(C[C@@H](C#N)NC(=O)C4CNC4)c(F)c3)cc21. The molecule has 1 aliphatic rings. The highest BCUT2D eigenvalue weighted by Gasteiger charge is 2.27. The van der Waals surface area contributed by atoms with Crippen LogP contribution in [0.2, 0.25) is 0 Å². The molecule has 1 saturated heterocycles. The van der Waals surface area contributed by atoms with Crippen LogP contribution in [-0.2, 0) is 22.5 Å². The molecule has 3 aromatic rings. The van der Waals surface area contributed by atoms with Gasteiger partial charge in [-0.1, -0.05) is 25.1 Å². The van der Waals surface area contributed by atoms with Crippen LogP contribution in [0.3, 0.4) is 0 Å². The molecule has 0 aliphatic carbocycles. The number of amides is 1. The van der Waals surface area contributed by atoms with Crippen LogP contribution in [0.15, 0.2) is 45.6 Å². The zero-order valence-corrected chi connectivity index (χ0v) is 19.0. The molecule has 0 unspecified atom stereocenters. The zero-order valence-electron chi connectivity index (χ0n) is 19.0. The summed E-state index contributed by atoms with van der Waals surface area (Å²) < 4.78 is 27.2. The van der Waals surface area contributed by atoms with Crippen molar-refractivity contribution in [2.75, 3.05) is 26.3 Å². The molecule has 0 bridgehead atoms. The first-order chi connectivity index (χ1) is 16.5. The lowest BCUT2D eigenvalue weighted by Crippen LogP contribution is -2.52. The molecule has 2 heterocycles. The average Bonchev–Trinajstić information content (AvgIpc) is 3.10. The van der Waals surface area contributed by atoms with E-state index in [0.29, 0.717) is 55.1 Å². The topological polar surface area (TPSA) is 109 Å². The van der Waals surface area contributed by atoms with E-state index in [0.717, 1.165) is 12.0 Å². The number of hydrogen-bond acceptors (Lipinski definition) is 6. The van der Waals surface area contributed by atoms with Gasteiger partial charge in [0, 0.05) is 26.1 Å². The van der Waals surface area contributed by atoms with Gasteiger partial charge in [0.05, 0.1) is 30.7 Å². The van der Waals surface area contributed by atoms with E-state index in [9.17, 15) is 19.2 Å². The minimum Gasteiger partial charge on any atom is -0.408 e. The Balaban J connectivity index is 1.51. The molecule has 0 radical (unpaired) electrons. The normalized spacial score (nSPS) is 14.5. The molecular weight excluding hydrogens is 439 g/mol. The highest BCUT2D eigenvalue weighted by molar-refractivity contribution is 5.81. The third-order valence-electron chi connectivity index (χ3n) is 5.91. The van der Waals surface area contributed by atoms with Crippen molar-refractivity contribution in [1.82, 2.24) is 15.2 Å². The summed E-state index contributed by atoms with van der Waals surface area (Å²) >= 11 is 0. The van der Waals surface area contributed by atoms with E-state index in [1.165, 1.54) is 10.6 Å². The third kappa shape index (κ3) is 5.19. The van der Waals surface area contributed by atoms with Crippen molar-refractivity contribution >= 4 is 17.0 Å². The van der Waals surface area contributed by atoms with Crippen molar-refractivity contribution in [3.63, 3.8) is 0 Å². The molecule has 4 rings (SSSR count). The van der Waals surface area contributed by atoms with Crippen LogP contribution in [0.25, 0.3) is 22.2 Å². The molecule has 1 fully saturated rings. The Morgan fingerprint density at radius 2 is 2.06 bits per heavy atom. The molecule has 9 heteroatoms. The lowest BCUT2D eigenvalue weighted by Gasteiger charge is -2.26. The Hall–Kier alpha value is -3.48. The molecule has 1 amide bonds. The number of rotatable bonds is 10. The maximum Gasteiger partial charge on any atom is 0.420 e. The fourth-order valence-corrected chi connectivity index (χ4v) is 3.86. The van der Waals surface area contributed by atoms with Gasteiger partial charge in [-0.15, -0.1) is 0 Å². The number of aromatic nitrogens is 1. The van der Waals surface area contributed by atoms with Gasteiger partial charge in [-0.3, -0.25) is 9.36 Å². The number of nitriles is 1. The van der Waals surface area contributed by atoms with Gasteiger partial charge in [0.1, 0.15) is 11.9 Å². The second kappa shape index (κ2) is 10.6. The van der Waals surface area contributed by atoms with Crippen LogP contribution in [0.1, 0.15) is 18.9 Å². The Kier molecular flexibility index (Phi) is 7.40. The second-order valence-corrected chi connectivity index (χ2v) is 8.37. The molecule has 34 heavy (non-hydrogen) atoms. The summed E-state index contributed by atoms with van der Waals surface area (Å²) in [5, 5.41) is 15.1. The van der Waals surface area contributed by atoms with Crippen LogP contribution in [-0.4, -0.2) is 42.8 Å². The largest absolute Gasteiger partial charge is 0.420 e. The van der Waals surface area contributed by atoms with Crippen LogP contribution in [0, 0.1) is 23.1 Å². The van der Waals surface area contributed by atoms with Crippen molar-refractivity contribution in [3.8, 4) is 17.2 Å². The predicted molar refractivity (Wildman–Crippen MR) is 125 cm³/mol. The Labute approximate surface area is 196 Å². The highest BCUT2D eigenvalue weighted by atomic mass is 19.1. The van der Waals surface area contributed by atoms with Crippen LogP contribution < -0.4 is 16.4 Å². The van der Waals surface area contributed by atoms with Crippen molar-refractivity contribution in [3.05, 3.63) is 58.3 Å². The summed E-state index contributed by atoms with van der Waals surface area (Å²) in [5.41, 5.74) is 2.77. The fraction of sp³-hybridized carbons (Fsp3) is 0.400. The van der Waals surface area contributed by atoms with Crippen molar-refractivity contribution in [1.29, 1.82) is 5.26 Å². The van der Waals surface area contributed by atoms with Gasteiger partial charge in [0.15, 0.2) is 5.58 Å². The minimum atomic E-state index is -0.805. The number of halogens is 1. The maximum absolute atomic E-state index is 14.9. The Morgan fingerprint density at radius 3 is 2.74 bits per heavy atom. The van der Waals surface area contributed by atoms with E-state index in [1.807, 2.05) is 13.0 Å². The summed E-state index contributed by atoms with van der Waals surface area (Å²) in [7, 11) is 0. The molecule has 2 N–H and O–H groups in total. The van der Waals surface area contributed by atoms with E-state index in [-0.39, 0.29) is 18.2 Å². The van der Waals surface area contributed by atoms with Gasteiger partial charge < -0.3 is 19.8 Å². The van der Waals surface area contributed by atoms with Crippen molar-refractivity contribution in [2.24, 2.45) is 5.92 Å². The smallest absolute Gasteiger partial charge is 0.408 e. The van der Waals surface area contributed by atoms with Crippen LogP contribution in [0.5, 0.6) is 0 Å². The monoisotopic (exact) mass is 466 g/mol. The van der Waals surface area contributed by atoms with Gasteiger partial charge in [-0.05, 0) is 41.3 Å². The number of nitrogens with one attached hydrogen (secondary N) is 2. The molecule has 1 aromatic heterocycles. The summed E-state index contributed by atoms with van der Waals surface area (Å²) in [6, 6.07) is 11.3.